The van der Waals surface area contributed by atoms with Crippen molar-refractivity contribution < 1.29 is 23.9 Å². The fourth-order valence-electron chi connectivity index (χ4n) is 2.68. The van der Waals surface area contributed by atoms with Crippen LogP contribution in [0.5, 0.6) is 0 Å². The Labute approximate surface area is 186 Å². The number of thiophene rings is 1. The minimum atomic E-state index is -0.617. The largest absolute Gasteiger partial charge is 0.462 e. The number of esters is 2. The summed E-state index contributed by atoms with van der Waals surface area (Å²) in [4.78, 5) is 37.0. The SMILES string of the molecule is CCOC(=O)c1c(-c2ccccc2)csc1NC(=O)COC(=O)c1cccc(Br)c1. The average molecular weight is 488 g/mol. The van der Waals surface area contributed by atoms with Crippen LogP contribution >= 0.6 is 27.3 Å². The molecule has 0 fully saturated rings. The van der Waals surface area contributed by atoms with Gasteiger partial charge in [-0.2, -0.15) is 0 Å². The summed E-state index contributed by atoms with van der Waals surface area (Å²) in [7, 11) is 0. The molecule has 0 spiro atoms. The lowest BCUT2D eigenvalue weighted by atomic mass is 10.0. The zero-order valence-corrected chi connectivity index (χ0v) is 18.4. The molecule has 30 heavy (non-hydrogen) atoms. The maximum atomic E-state index is 12.5. The maximum Gasteiger partial charge on any atom is 0.341 e. The molecule has 3 aromatic rings. The van der Waals surface area contributed by atoms with E-state index in [-0.39, 0.29) is 12.2 Å². The highest BCUT2D eigenvalue weighted by Gasteiger charge is 2.23. The van der Waals surface area contributed by atoms with Crippen LogP contribution in [0.4, 0.5) is 5.00 Å². The van der Waals surface area contributed by atoms with E-state index in [1.807, 2.05) is 30.3 Å². The summed E-state index contributed by atoms with van der Waals surface area (Å²) in [6.45, 7) is 1.44. The number of halogens is 1. The highest BCUT2D eigenvalue weighted by molar-refractivity contribution is 9.10. The van der Waals surface area contributed by atoms with E-state index in [1.54, 1.807) is 36.6 Å². The van der Waals surface area contributed by atoms with E-state index in [2.05, 4.69) is 21.2 Å². The van der Waals surface area contributed by atoms with E-state index in [0.717, 1.165) is 10.0 Å². The van der Waals surface area contributed by atoms with Crippen LogP contribution in [0.1, 0.15) is 27.6 Å². The predicted octanol–water partition coefficient (Wildman–Crippen LogP) is 5.15. The molecule has 1 amide bonds. The van der Waals surface area contributed by atoms with Crippen molar-refractivity contribution >= 4 is 50.1 Å². The molecule has 0 aliphatic carbocycles. The lowest BCUT2D eigenvalue weighted by Crippen LogP contribution is -2.21. The number of carbonyl (C=O) groups is 3. The van der Waals surface area contributed by atoms with Crippen molar-refractivity contribution in [3.8, 4) is 11.1 Å². The highest BCUT2D eigenvalue weighted by atomic mass is 79.9. The number of anilines is 1. The number of hydrogen-bond donors (Lipinski definition) is 1. The smallest absolute Gasteiger partial charge is 0.341 e. The quantitative estimate of drug-likeness (QED) is 0.466. The molecular weight excluding hydrogens is 470 g/mol. The second-order valence-corrected chi connectivity index (χ2v) is 7.87. The van der Waals surface area contributed by atoms with Gasteiger partial charge in [0.2, 0.25) is 0 Å². The molecule has 0 unspecified atom stereocenters. The summed E-state index contributed by atoms with van der Waals surface area (Å²) in [6, 6.07) is 16.0. The van der Waals surface area contributed by atoms with E-state index in [1.165, 1.54) is 11.3 Å². The minimum Gasteiger partial charge on any atom is -0.462 e. The van der Waals surface area contributed by atoms with E-state index in [0.29, 0.717) is 16.1 Å². The van der Waals surface area contributed by atoms with Crippen LogP contribution in [-0.2, 0) is 14.3 Å². The zero-order chi connectivity index (χ0) is 21.5. The summed E-state index contributed by atoms with van der Waals surface area (Å²) < 4.78 is 11.0. The first kappa shape index (κ1) is 21.7. The van der Waals surface area contributed by atoms with Crippen molar-refractivity contribution in [2.45, 2.75) is 6.92 Å². The molecule has 3 rings (SSSR count). The number of hydrogen-bond acceptors (Lipinski definition) is 6. The van der Waals surface area contributed by atoms with Crippen molar-refractivity contribution in [3.05, 3.63) is 75.6 Å². The van der Waals surface area contributed by atoms with Gasteiger partial charge in [0, 0.05) is 15.4 Å². The van der Waals surface area contributed by atoms with Gasteiger partial charge in [-0.05, 0) is 30.7 Å². The molecule has 8 heteroatoms. The third-order valence-electron chi connectivity index (χ3n) is 4.00. The topological polar surface area (TPSA) is 81.7 Å². The van der Waals surface area contributed by atoms with Crippen molar-refractivity contribution in [1.29, 1.82) is 0 Å². The van der Waals surface area contributed by atoms with E-state index in [4.69, 9.17) is 9.47 Å². The number of rotatable bonds is 7. The van der Waals surface area contributed by atoms with E-state index >= 15 is 0 Å². The Morgan fingerprint density at radius 3 is 2.47 bits per heavy atom. The average Bonchev–Trinajstić information content (AvgIpc) is 3.16. The number of ether oxygens (including phenoxy) is 2. The Morgan fingerprint density at radius 1 is 1.00 bits per heavy atom. The molecule has 0 saturated carbocycles. The first-order valence-corrected chi connectivity index (χ1v) is 10.7. The molecule has 0 atom stereocenters. The van der Waals surface area contributed by atoms with Crippen molar-refractivity contribution in [2.75, 3.05) is 18.5 Å². The van der Waals surface area contributed by atoms with Gasteiger partial charge in [-0.25, -0.2) is 9.59 Å². The first-order valence-electron chi connectivity index (χ1n) is 9.06. The Morgan fingerprint density at radius 2 is 1.77 bits per heavy atom. The third-order valence-corrected chi connectivity index (χ3v) is 5.39. The molecule has 1 heterocycles. The van der Waals surface area contributed by atoms with Crippen LogP contribution in [0.15, 0.2) is 64.5 Å². The number of benzene rings is 2. The van der Waals surface area contributed by atoms with Gasteiger partial charge in [0.25, 0.3) is 5.91 Å². The Balaban J connectivity index is 1.74. The van der Waals surface area contributed by atoms with Gasteiger partial charge in [0.15, 0.2) is 6.61 Å². The van der Waals surface area contributed by atoms with E-state index in [9.17, 15) is 14.4 Å². The molecule has 2 aromatic carbocycles. The predicted molar refractivity (Wildman–Crippen MR) is 119 cm³/mol. The molecule has 0 radical (unpaired) electrons. The summed E-state index contributed by atoms with van der Waals surface area (Å²) in [5, 5.41) is 4.78. The van der Waals surface area contributed by atoms with Crippen LogP contribution in [0.2, 0.25) is 0 Å². The summed E-state index contributed by atoms with van der Waals surface area (Å²) in [5.74, 6) is -1.70. The van der Waals surface area contributed by atoms with Gasteiger partial charge in [-0.1, -0.05) is 52.3 Å². The van der Waals surface area contributed by atoms with Gasteiger partial charge >= 0.3 is 11.9 Å². The first-order chi connectivity index (χ1) is 14.5. The second-order valence-electron chi connectivity index (χ2n) is 6.07. The van der Waals surface area contributed by atoms with Gasteiger partial charge in [0.05, 0.1) is 12.2 Å². The van der Waals surface area contributed by atoms with Crippen molar-refractivity contribution in [3.63, 3.8) is 0 Å². The van der Waals surface area contributed by atoms with Crippen molar-refractivity contribution in [2.24, 2.45) is 0 Å². The monoisotopic (exact) mass is 487 g/mol. The van der Waals surface area contributed by atoms with Gasteiger partial charge in [-0.15, -0.1) is 11.3 Å². The molecule has 0 aliphatic heterocycles. The zero-order valence-electron chi connectivity index (χ0n) is 16.0. The van der Waals surface area contributed by atoms with Crippen LogP contribution < -0.4 is 5.32 Å². The molecule has 1 N–H and O–H groups in total. The summed E-state index contributed by atoms with van der Waals surface area (Å²) in [5.41, 5.74) is 2.10. The van der Waals surface area contributed by atoms with Crippen LogP contribution in [0.3, 0.4) is 0 Å². The molecule has 1 aromatic heterocycles. The molecule has 0 aliphatic rings. The van der Waals surface area contributed by atoms with E-state index < -0.39 is 24.5 Å². The molecule has 154 valence electrons. The molecule has 0 bridgehead atoms. The Kier molecular flexibility index (Phi) is 7.37. The van der Waals surface area contributed by atoms with Gasteiger partial charge in [-0.3, -0.25) is 4.79 Å². The van der Waals surface area contributed by atoms with Crippen LogP contribution in [-0.4, -0.2) is 31.1 Å². The van der Waals surface area contributed by atoms with Crippen LogP contribution in [0.25, 0.3) is 11.1 Å². The van der Waals surface area contributed by atoms with Gasteiger partial charge in [0.1, 0.15) is 10.6 Å². The Hall–Kier alpha value is -2.97. The summed E-state index contributed by atoms with van der Waals surface area (Å²) in [6.07, 6.45) is 0. The lowest BCUT2D eigenvalue weighted by Gasteiger charge is -2.09. The van der Waals surface area contributed by atoms with Crippen LogP contribution in [0, 0.1) is 0 Å². The minimum absolute atomic E-state index is 0.209. The number of amides is 1. The fraction of sp³-hybridized carbons (Fsp3) is 0.136. The normalized spacial score (nSPS) is 10.3. The Bertz CT molecular complexity index is 1060. The summed E-state index contributed by atoms with van der Waals surface area (Å²) >= 11 is 4.49. The standard InChI is InChI=1S/C22H18BrNO5S/c1-2-28-22(27)19-17(14-7-4-3-5-8-14)13-30-20(19)24-18(25)12-29-21(26)15-9-6-10-16(23)11-15/h3-11,13H,2,12H2,1H3,(H,24,25). The lowest BCUT2D eigenvalue weighted by molar-refractivity contribution is -0.119. The fourth-order valence-corrected chi connectivity index (χ4v) is 4.05. The molecule has 0 saturated heterocycles. The van der Waals surface area contributed by atoms with Gasteiger partial charge < -0.3 is 14.8 Å². The number of carbonyl (C=O) groups excluding carboxylic acids is 3. The number of nitrogens with one attached hydrogen (secondary N) is 1. The van der Waals surface area contributed by atoms with Crippen molar-refractivity contribution in [1.82, 2.24) is 0 Å². The third kappa shape index (κ3) is 5.34. The maximum absolute atomic E-state index is 12.5. The second kappa shape index (κ2) is 10.2. The highest BCUT2D eigenvalue weighted by Crippen LogP contribution is 2.36. The molecule has 6 nitrogen and oxygen atoms in total. The molecular formula is C22H18BrNO5S.